The van der Waals surface area contributed by atoms with Crippen LogP contribution in [0.3, 0.4) is 0 Å². The molecule has 210 valence electrons. The molecule has 44 heavy (non-hydrogen) atoms. The molecule has 1 nitrogen and oxygen atoms in total. The van der Waals surface area contributed by atoms with Gasteiger partial charge in [-0.05, 0) is 80.9 Å². The van der Waals surface area contributed by atoms with E-state index in [1.54, 1.807) is 0 Å². The molecule has 0 saturated carbocycles. The second-order valence-electron chi connectivity index (χ2n) is 11.0. The zero-order valence-electron chi connectivity index (χ0n) is 24.6. The van der Waals surface area contributed by atoms with E-state index in [1.165, 1.54) is 44.5 Å². The van der Waals surface area contributed by atoms with Crippen LogP contribution in [0.4, 0.5) is 11.4 Å². The Labute approximate surface area is 260 Å². The topological polar surface area (TPSA) is 3.24 Å². The van der Waals surface area contributed by atoms with Crippen LogP contribution in [0.15, 0.2) is 195 Å². The predicted octanol–water partition coefficient (Wildman–Crippen LogP) is 11.1. The van der Waals surface area contributed by atoms with Gasteiger partial charge in [0.1, 0.15) is 0 Å². The highest BCUT2D eigenvalue weighted by Gasteiger charge is 2.45. The van der Waals surface area contributed by atoms with Crippen LogP contribution in [0.5, 0.6) is 0 Å². The van der Waals surface area contributed by atoms with Gasteiger partial charge in [0.05, 0.1) is 5.41 Å². The number of allylic oxidation sites excluding steroid dienone is 3. The van der Waals surface area contributed by atoms with Crippen molar-refractivity contribution in [2.45, 2.75) is 5.41 Å². The summed E-state index contributed by atoms with van der Waals surface area (Å²) >= 11 is 0. The quantitative estimate of drug-likeness (QED) is 0.166. The highest BCUT2D eigenvalue weighted by atomic mass is 15.1. The van der Waals surface area contributed by atoms with Crippen molar-refractivity contribution in [2.75, 3.05) is 4.90 Å². The Kier molecular flexibility index (Phi) is 7.14. The molecule has 0 bridgehead atoms. The van der Waals surface area contributed by atoms with Crippen molar-refractivity contribution >= 4 is 11.4 Å². The fourth-order valence-corrected chi connectivity index (χ4v) is 6.81. The summed E-state index contributed by atoms with van der Waals surface area (Å²) in [5.41, 5.74) is 12.7. The average Bonchev–Trinajstić information content (AvgIpc) is 3.40. The first kappa shape index (κ1) is 27.2. The van der Waals surface area contributed by atoms with E-state index in [-0.39, 0.29) is 0 Å². The van der Waals surface area contributed by atoms with Crippen molar-refractivity contribution in [3.05, 3.63) is 217 Å². The summed E-state index contributed by atoms with van der Waals surface area (Å²) in [6.45, 7) is 8.11. The smallest absolute Gasteiger partial charge is 0.0713 e. The summed E-state index contributed by atoms with van der Waals surface area (Å²) in [7, 11) is 0. The summed E-state index contributed by atoms with van der Waals surface area (Å²) in [5, 5.41) is 0. The number of hydrogen-bond donors (Lipinski definition) is 0. The molecular weight excluding hydrogens is 530 g/mol. The van der Waals surface area contributed by atoms with Gasteiger partial charge < -0.3 is 4.90 Å². The van der Waals surface area contributed by atoms with Gasteiger partial charge in [0.15, 0.2) is 0 Å². The first-order chi connectivity index (χ1) is 21.8. The Bertz CT molecular complexity index is 1920. The Morgan fingerprint density at radius 1 is 0.477 bits per heavy atom. The fourth-order valence-electron chi connectivity index (χ4n) is 6.81. The molecule has 1 aliphatic rings. The minimum Gasteiger partial charge on any atom is -0.311 e. The van der Waals surface area contributed by atoms with E-state index in [1.807, 2.05) is 24.3 Å². The van der Waals surface area contributed by atoms with Crippen LogP contribution in [-0.4, -0.2) is 0 Å². The first-order valence-corrected chi connectivity index (χ1v) is 15.0. The van der Waals surface area contributed by atoms with Gasteiger partial charge in [0, 0.05) is 17.1 Å². The fraction of sp³-hybridized carbons (Fsp3) is 0.0233. The van der Waals surface area contributed by atoms with Gasteiger partial charge in [0.2, 0.25) is 0 Å². The van der Waals surface area contributed by atoms with Gasteiger partial charge in [-0.1, -0.05) is 153 Å². The van der Waals surface area contributed by atoms with E-state index < -0.39 is 5.41 Å². The number of fused-ring (bicyclic) bond motifs is 3. The molecular formula is C43H33N. The molecule has 7 rings (SSSR count). The highest BCUT2D eigenvalue weighted by molar-refractivity contribution is 5.86. The SMILES string of the molecule is C=C/C=C(\C=C)N(c1ccc(-c2ccccc2)cc1)c1ccc(C2(c3ccccc3)c3ccccc3-c3ccccc32)cc1. The van der Waals surface area contributed by atoms with E-state index in [0.717, 1.165) is 17.1 Å². The van der Waals surface area contributed by atoms with Crippen molar-refractivity contribution in [2.24, 2.45) is 0 Å². The van der Waals surface area contributed by atoms with E-state index in [4.69, 9.17) is 0 Å². The summed E-state index contributed by atoms with van der Waals surface area (Å²) in [6, 6.07) is 56.8. The number of nitrogens with zero attached hydrogens (tertiary/aromatic N) is 1. The lowest BCUT2D eigenvalue weighted by atomic mass is 9.68. The zero-order chi connectivity index (χ0) is 29.9. The Morgan fingerprint density at radius 2 is 0.932 bits per heavy atom. The molecule has 0 heterocycles. The molecule has 1 aliphatic carbocycles. The van der Waals surface area contributed by atoms with Gasteiger partial charge in [-0.2, -0.15) is 0 Å². The second kappa shape index (κ2) is 11.6. The van der Waals surface area contributed by atoms with Gasteiger partial charge in [-0.15, -0.1) is 0 Å². The molecule has 6 aromatic rings. The lowest BCUT2D eigenvalue weighted by molar-refractivity contribution is 0.768. The van der Waals surface area contributed by atoms with Gasteiger partial charge in [-0.25, -0.2) is 0 Å². The zero-order valence-corrected chi connectivity index (χ0v) is 24.6. The van der Waals surface area contributed by atoms with E-state index in [0.29, 0.717) is 0 Å². The number of benzene rings is 6. The lowest BCUT2D eigenvalue weighted by Gasteiger charge is -2.34. The van der Waals surface area contributed by atoms with E-state index in [2.05, 4.69) is 170 Å². The molecule has 0 spiro atoms. The minimum absolute atomic E-state index is 0.423. The maximum Gasteiger partial charge on any atom is 0.0713 e. The Balaban J connectivity index is 1.38. The van der Waals surface area contributed by atoms with Crippen molar-refractivity contribution in [1.82, 2.24) is 0 Å². The molecule has 1 heteroatoms. The monoisotopic (exact) mass is 563 g/mol. The maximum absolute atomic E-state index is 4.14. The summed E-state index contributed by atoms with van der Waals surface area (Å²) < 4.78 is 0. The third-order valence-corrected chi connectivity index (χ3v) is 8.71. The molecule has 0 aliphatic heterocycles. The molecule has 0 unspecified atom stereocenters. The van der Waals surface area contributed by atoms with Crippen molar-refractivity contribution in [3.8, 4) is 22.3 Å². The van der Waals surface area contributed by atoms with E-state index in [9.17, 15) is 0 Å². The first-order valence-electron chi connectivity index (χ1n) is 15.0. The molecule has 0 aromatic heterocycles. The number of hydrogen-bond acceptors (Lipinski definition) is 1. The average molecular weight is 564 g/mol. The second-order valence-corrected chi connectivity index (χ2v) is 11.0. The van der Waals surface area contributed by atoms with Crippen LogP contribution in [0.2, 0.25) is 0 Å². The van der Waals surface area contributed by atoms with Crippen molar-refractivity contribution in [3.63, 3.8) is 0 Å². The minimum atomic E-state index is -0.423. The van der Waals surface area contributed by atoms with Crippen LogP contribution in [0.25, 0.3) is 22.3 Å². The number of anilines is 2. The van der Waals surface area contributed by atoms with Crippen LogP contribution >= 0.6 is 0 Å². The Hall–Kier alpha value is -5.66. The van der Waals surface area contributed by atoms with Crippen LogP contribution in [0, 0.1) is 0 Å². The normalized spacial score (nSPS) is 13.0. The molecule has 0 amide bonds. The maximum atomic E-state index is 4.14. The van der Waals surface area contributed by atoms with E-state index >= 15 is 0 Å². The molecule has 0 N–H and O–H groups in total. The summed E-state index contributed by atoms with van der Waals surface area (Å²) in [4.78, 5) is 2.24. The number of rotatable bonds is 8. The standard InChI is InChI=1S/C43H33N/c1-3-15-36(4-2)44(37-28-24-33(25-29-37)32-16-7-5-8-17-32)38-30-26-35(27-31-38)43(34-18-9-6-10-19-34)41-22-13-11-20-39(41)40-21-12-14-23-42(40)43/h3-31H,1-2H2/b36-15+. The van der Waals surface area contributed by atoms with Crippen molar-refractivity contribution < 1.29 is 0 Å². The molecule has 0 fully saturated rings. The molecule has 0 saturated heterocycles. The van der Waals surface area contributed by atoms with Crippen molar-refractivity contribution in [1.29, 1.82) is 0 Å². The highest BCUT2D eigenvalue weighted by Crippen LogP contribution is 2.56. The summed E-state index contributed by atoms with van der Waals surface area (Å²) in [5.74, 6) is 0. The van der Waals surface area contributed by atoms with Gasteiger partial charge >= 0.3 is 0 Å². The predicted molar refractivity (Wildman–Crippen MR) is 186 cm³/mol. The van der Waals surface area contributed by atoms with Gasteiger partial charge in [0.25, 0.3) is 0 Å². The third kappa shape index (κ3) is 4.42. The third-order valence-electron chi connectivity index (χ3n) is 8.71. The molecule has 0 atom stereocenters. The molecule has 6 aromatic carbocycles. The molecule has 0 radical (unpaired) electrons. The summed E-state index contributed by atoms with van der Waals surface area (Å²) in [6.07, 6.45) is 5.70. The largest absolute Gasteiger partial charge is 0.311 e. The van der Waals surface area contributed by atoms with Crippen LogP contribution < -0.4 is 4.90 Å². The van der Waals surface area contributed by atoms with Crippen LogP contribution in [-0.2, 0) is 5.41 Å². The van der Waals surface area contributed by atoms with Crippen LogP contribution in [0.1, 0.15) is 22.3 Å². The lowest BCUT2D eigenvalue weighted by Crippen LogP contribution is -2.28. The Morgan fingerprint density at radius 3 is 1.48 bits per heavy atom. The van der Waals surface area contributed by atoms with Gasteiger partial charge in [-0.3, -0.25) is 0 Å².